The zero-order valence-corrected chi connectivity index (χ0v) is 9.30. The van der Waals surface area contributed by atoms with Gasteiger partial charge < -0.3 is 10.5 Å². The van der Waals surface area contributed by atoms with Gasteiger partial charge in [-0.15, -0.1) is 0 Å². The van der Waals surface area contributed by atoms with Gasteiger partial charge in [-0.1, -0.05) is 6.92 Å². The van der Waals surface area contributed by atoms with Crippen LogP contribution in [0.4, 0.5) is 5.82 Å². The van der Waals surface area contributed by atoms with E-state index in [4.69, 9.17) is 10.5 Å². The number of nitrogens with two attached hydrogens (primary N) is 1. The lowest BCUT2D eigenvalue weighted by Gasteiger charge is -2.04. The Balaban J connectivity index is 2.73. The third-order valence-electron chi connectivity index (χ3n) is 1.57. The summed E-state index contributed by atoms with van der Waals surface area (Å²) in [7, 11) is 1.64. The molecule has 0 saturated heterocycles. The first-order valence-corrected chi connectivity index (χ1v) is 5.60. The van der Waals surface area contributed by atoms with Crippen LogP contribution in [0.5, 0.6) is 0 Å². The zero-order chi connectivity index (χ0) is 10.4. The number of thioether (sulfide) groups is 1. The molecule has 1 rings (SSSR count). The second-order valence-corrected chi connectivity index (χ2v) is 4.04. The minimum atomic E-state index is 0.483. The van der Waals surface area contributed by atoms with Gasteiger partial charge >= 0.3 is 0 Å². The summed E-state index contributed by atoms with van der Waals surface area (Å²) in [6.45, 7) is 2.59. The van der Waals surface area contributed by atoms with Crippen LogP contribution in [0.2, 0.25) is 0 Å². The fourth-order valence-corrected chi connectivity index (χ4v) is 1.57. The summed E-state index contributed by atoms with van der Waals surface area (Å²) in [6.07, 6.45) is 0. The molecule has 5 heteroatoms. The highest BCUT2D eigenvalue weighted by molar-refractivity contribution is 7.98. The lowest BCUT2D eigenvalue weighted by atomic mass is 10.4. The maximum absolute atomic E-state index is 5.65. The first kappa shape index (κ1) is 11.3. The van der Waals surface area contributed by atoms with Gasteiger partial charge in [0.15, 0.2) is 0 Å². The van der Waals surface area contributed by atoms with Crippen LogP contribution >= 0.6 is 11.8 Å². The Kier molecular flexibility index (Phi) is 4.69. The van der Waals surface area contributed by atoms with Gasteiger partial charge in [0.05, 0.1) is 18.1 Å². The van der Waals surface area contributed by atoms with Crippen LogP contribution in [0.3, 0.4) is 0 Å². The van der Waals surface area contributed by atoms with E-state index in [0.29, 0.717) is 12.4 Å². The lowest BCUT2D eigenvalue weighted by molar-refractivity contribution is 0.181. The topological polar surface area (TPSA) is 61.0 Å². The average Bonchev–Trinajstić information content (AvgIpc) is 2.14. The van der Waals surface area contributed by atoms with Crippen molar-refractivity contribution in [3.05, 3.63) is 17.6 Å². The summed E-state index contributed by atoms with van der Waals surface area (Å²) in [5.41, 5.74) is 6.49. The second-order valence-electron chi connectivity index (χ2n) is 2.77. The van der Waals surface area contributed by atoms with Crippen molar-refractivity contribution in [2.75, 3.05) is 18.6 Å². The number of aromatic nitrogens is 2. The number of rotatable bonds is 5. The van der Waals surface area contributed by atoms with Crippen LogP contribution in [0, 0.1) is 0 Å². The molecule has 0 atom stereocenters. The predicted molar refractivity (Wildman–Crippen MR) is 59.0 cm³/mol. The molecule has 0 amide bonds. The Hall–Kier alpha value is -0.810. The first-order valence-electron chi connectivity index (χ1n) is 4.45. The molecule has 14 heavy (non-hydrogen) atoms. The molecule has 0 fully saturated rings. The quantitative estimate of drug-likeness (QED) is 0.802. The molecule has 0 unspecified atom stereocenters. The number of hydrogen-bond donors (Lipinski definition) is 1. The molecule has 1 heterocycles. The van der Waals surface area contributed by atoms with Crippen LogP contribution < -0.4 is 5.73 Å². The number of hydrogen-bond acceptors (Lipinski definition) is 5. The maximum Gasteiger partial charge on any atom is 0.140 e. The van der Waals surface area contributed by atoms with Crippen LogP contribution in [0.25, 0.3) is 0 Å². The summed E-state index contributed by atoms with van der Waals surface area (Å²) >= 11 is 1.78. The lowest BCUT2D eigenvalue weighted by Crippen LogP contribution is -2.03. The molecule has 1 aromatic rings. The van der Waals surface area contributed by atoms with Crippen molar-refractivity contribution >= 4 is 17.6 Å². The Morgan fingerprint density at radius 3 is 2.93 bits per heavy atom. The van der Waals surface area contributed by atoms with Gasteiger partial charge in [-0.2, -0.15) is 11.8 Å². The Labute approximate surface area is 88.3 Å². The van der Waals surface area contributed by atoms with Crippen LogP contribution in [0.15, 0.2) is 6.07 Å². The maximum atomic E-state index is 5.65. The van der Waals surface area contributed by atoms with E-state index < -0.39 is 0 Å². The summed E-state index contributed by atoms with van der Waals surface area (Å²) in [5.74, 6) is 3.15. The Morgan fingerprint density at radius 2 is 2.29 bits per heavy atom. The molecular formula is C9H15N3OS. The molecule has 4 nitrogen and oxygen atoms in total. The SMILES string of the molecule is CCSCc1nc(N)cc(COC)n1. The monoisotopic (exact) mass is 213 g/mol. The van der Waals surface area contributed by atoms with Crippen molar-refractivity contribution < 1.29 is 4.74 Å². The largest absolute Gasteiger partial charge is 0.384 e. The molecule has 0 aromatic carbocycles. The highest BCUT2D eigenvalue weighted by Gasteiger charge is 2.02. The van der Waals surface area contributed by atoms with Crippen molar-refractivity contribution in [1.29, 1.82) is 0 Å². The fraction of sp³-hybridized carbons (Fsp3) is 0.556. The summed E-state index contributed by atoms with van der Waals surface area (Å²) in [6, 6.07) is 1.74. The van der Waals surface area contributed by atoms with E-state index in [2.05, 4.69) is 16.9 Å². The zero-order valence-electron chi connectivity index (χ0n) is 8.49. The van der Waals surface area contributed by atoms with Gasteiger partial charge in [0.1, 0.15) is 11.6 Å². The molecule has 0 spiro atoms. The van der Waals surface area contributed by atoms with Gasteiger partial charge in [0.25, 0.3) is 0 Å². The van der Waals surface area contributed by atoms with E-state index in [0.717, 1.165) is 23.0 Å². The first-order chi connectivity index (χ1) is 6.76. The van der Waals surface area contributed by atoms with Gasteiger partial charge in [-0.3, -0.25) is 0 Å². The summed E-state index contributed by atoms with van der Waals surface area (Å²) < 4.78 is 4.99. The third-order valence-corrected chi connectivity index (χ3v) is 2.44. The van der Waals surface area contributed by atoms with E-state index in [9.17, 15) is 0 Å². The minimum Gasteiger partial charge on any atom is -0.384 e. The second kappa shape index (κ2) is 5.82. The van der Waals surface area contributed by atoms with E-state index in [1.807, 2.05) is 0 Å². The molecule has 0 aliphatic rings. The van der Waals surface area contributed by atoms with Crippen LogP contribution in [-0.4, -0.2) is 22.8 Å². The van der Waals surface area contributed by atoms with E-state index in [1.165, 1.54) is 0 Å². The van der Waals surface area contributed by atoms with Crippen LogP contribution in [-0.2, 0) is 17.1 Å². The molecule has 0 bridgehead atoms. The van der Waals surface area contributed by atoms with Crippen molar-refractivity contribution in [3.63, 3.8) is 0 Å². The van der Waals surface area contributed by atoms with Crippen molar-refractivity contribution in [3.8, 4) is 0 Å². The molecular weight excluding hydrogens is 198 g/mol. The molecule has 1 aromatic heterocycles. The number of anilines is 1. The van der Waals surface area contributed by atoms with Crippen molar-refractivity contribution in [2.24, 2.45) is 0 Å². The van der Waals surface area contributed by atoms with Gasteiger partial charge in [0.2, 0.25) is 0 Å². The Bertz CT molecular complexity index is 293. The molecule has 0 radical (unpaired) electrons. The predicted octanol–water partition coefficient (Wildman–Crippen LogP) is 1.46. The number of nitrogens with zero attached hydrogens (tertiary/aromatic N) is 2. The van der Waals surface area contributed by atoms with E-state index >= 15 is 0 Å². The molecule has 0 aliphatic heterocycles. The highest BCUT2D eigenvalue weighted by Crippen LogP contribution is 2.10. The standard InChI is InChI=1S/C9H15N3OS/c1-3-14-6-9-11-7(5-13-2)4-8(10)12-9/h4H,3,5-6H2,1-2H3,(H2,10,11,12). The van der Waals surface area contributed by atoms with E-state index in [-0.39, 0.29) is 0 Å². The normalized spacial score (nSPS) is 10.4. The smallest absolute Gasteiger partial charge is 0.140 e. The summed E-state index contributed by atoms with van der Waals surface area (Å²) in [5, 5.41) is 0. The van der Waals surface area contributed by atoms with Gasteiger partial charge in [-0.05, 0) is 5.75 Å². The minimum absolute atomic E-state index is 0.483. The average molecular weight is 213 g/mol. The number of methoxy groups -OCH3 is 1. The number of nitrogen functional groups attached to an aromatic ring is 1. The van der Waals surface area contributed by atoms with Crippen molar-refractivity contribution in [1.82, 2.24) is 9.97 Å². The molecule has 2 N–H and O–H groups in total. The van der Waals surface area contributed by atoms with Crippen molar-refractivity contribution in [2.45, 2.75) is 19.3 Å². The van der Waals surface area contributed by atoms with Crippen LogP contribution in [0.1, 0.15) is 18.4 Å². The fourth-order valence-electron chi connectivity index (χ4n) is 1.05. The van der Waals surface area contributed by atoms with Gasteiger partial charge in [-0.25, -0.2) is 9.97 Å². The van der Waals surface area contributed by atoms with Gasteiger partial charge in [0, 0.05) is 13.2 Å². The summed E-state index contributed by atoms with van der Waals surface area (Å²) in [4.78, 5) is 8.47. The molecule has 0 saturated carbocycles. The molecule has 0 aliphatic carbocycles. The highest BCUT2D eigenvalue weighted by atomic mass is 32.2. The third kappa shape index (κ3) is 3.51. The Morgan fingerprint density at radius 1 is 1.50 bits per heavy atom. The molecule has 78 valence electrons. The number of ether oxygens (including phenoxy) is 1. The van der Waals surface area contributed by atoms with E-state index in [1.54, 1.807) is 24.9 Å².